The van der Waals surface area contributed by atoms with E-state index in [4.69, 9.17) is 19.9 Å². The molecule has 1 aromatic rings. The third-order valence-corrected chi connectivity index (χ3v) is 2.98. The summed E-state index contributed by atoms with van der Waals surface area (Å²) in [5.41, 5.74) is 5.71. The molecule has 0 atom stereocenters. The Morgan fingerprint density at radius 3 is 2.24 bits per heavy atom. The number of halogens is 1. The zero-order valence-electron chi connectivity index (χ0n) is 9.87. The lowest BCUT2D eigenvalue weighted by atomic mass is 10.1. The first-order valence-corrected chi connectivity index (χ1v) is 5.61. The van der Waals surface area contributed by atoms with E-state index in [1.54, 1.807) is 6.07 Å². The number of ether oxygens (including phenoxy) is 3. The molecule has 94 valence electrons. The van der Waals surface area contributed by atoms with Crippen LogP contribution in [0.1, 0.15) is 10.4 Å². The Balaban J connectivity index is 3.50. The number of carbonyl (C=O) groups excluding carboxylic acids is 1. The van der Waals surface area contributed by atoms with Crippen LogP contribution in [-0.2, 0) is 0 Å². The molecule has 2 N–H and O–H groups in total. The zero-order chi connectivity index (χ0) is 13.0. The fraction of sp³-hybridized carbons (Fsp3) is 0.364. The van der Waals surface area contributed by atoms with Crippen LogP contribution in [0, 0.1) is 0 Å². The van der Waals surface area contributed by atoms with Gasteiger partial charge in [-0.05, 0) is 22.0 Å². The predicted octanol–water partition coefficient (Wildman–Crippen LogP) is 1.62. The first-order chi connectivity index (χ1) is 8.10. The van der Waals surface area contributed by atoms with E-state index in [0.29, 0.717) is 27.3 Å². The summed E-state index contributed by atoms with van der Waals surface area (Å²) >= 11 is 3.32. The molecule has 0 heterocycles. The summed E-state index contributed by atoms with van der Waals surface area (Å²) in [6, 6.07) is 1.55. The van der Waals surface area contributed by atoms with Crippen molar-refractivity contribution in [3.8, 4) is 17.2 Å². The van der Waals surface area contributed by atoms with Crippen LogP contribution in [0.25, 0.3) is 0 Å². The van der Waals surface area contributed by atoms with Crippen molar-refractivity contribution in [2.75, 3.05) is 27.9 Å². The molecule has 0 unspecified atom stereocenters. The predicted molar refractivity (Wildman–Crippen MR) is 67.2 cm³/mol. The molecule has 0 amide bonds. The molecule has 0 aliphatic heterocycles. The lowest BCUT2D eigenvalue weighted by Crippen LogP contribution is -2.15. The Hall–Kier alpha value is -1.27. The van der Waals surface area contributed by atoms with Crippen LogP contribution in [0.4, 0.5) is 0 Å². The average Bonchev–Trinajstić information content (AvgIpc) is 2.36. The molecule has 0 fully saturated rings. The van der Waals surface area contributed by atoms with E-state index < -0.39 is 0 Å². The highest BCUT2D eigenvalue weighted by Crippen LogP contribution is 2.44. The van der Waals surface area contributed by atoms with E-state index >= 15 is 0 Å². The summed E-state index contributed by atoms with van der Waals surface area (Å²) in [6.07, 6.45) is 0. The number of methoxy groups -OCH3 is 3. The molecule has 1 aromatic carbocycles. The summed E-state index contributed by atoms with van der Waals surface area (Å²) in [6.45, 7) is -0.0989. The molecular weight excluding hydrogens is 290 g/mol. The Kier molecular flexibility index (Phi) is 4.77. The van der Waals surface area contributed by atoms with Gasteiger partial charge in [0, 0.05) is 0 Å². The minimum Gasteiger partial charge on any atom is -0.495 e. The SMILES string of the molecule is COc1cc(C(=O)CN)c(OC)c(Br)c1OC. The van der Waals surface area contributed by atoms with Gasteiger partial charge in [0.15, 0.2) is 17.3 Å². The molecule has 0 saturated carbocycles. The number of benzene rings is 1. The normalized spacial score (nSPS) is 9.94. The Morgan fingerprint density at radius 1 is 1.24 bits per heavy atom. The van der Waals surface area contributed by atoms with Crippen molar-refractivity contribution >= 4 is 21.7 Å². The van der Waals surface area contributed by atoms with Crippen LogP contribution in [0.15, 0.2) is 10.5 Å². The quantitative estimate of drug-likeness (QED) is 0.837. The molecule has 5 nitrogen and oxygen atoms in total. The van der Waals surface area contributed by atoms with E-state index in [-0.39, 0.29) is 12.3 Å². The molecule has 6 heteroatoms. The summed E-state index contributed by atoms with van der Waals surface area (Å²) in [5, 5.41) is 0. The van der Waals surface area contributed by atoms with Gasteiger partial charge >= 0.3 is 0 Å². The summed E-state index contributed by atoms with van der Waals surface area (Å²) in [7, 11) is 4.47. The van der Waals surface area contributed by atoms with Crippen LogP contribution < -0.4 is 19.9 Å². The van der Waals surface area contributed by atoms with Gasteiger partial charge in [-0.25, -0.2) is 0 Å². The van der Waals surface area contributed by atoms with Crippen molar-refractivity contribution in [3.05, 3.63) is 16.1 Å². The number of rotatable bonds is 5. The van der Waals surface area contributed by atoms with Crippen LogP contribution in [0.2, 0.25) is 0 Å². The third-order valence-electron chi connectivity index (χ3n) is 2.26. The van der Waals surface area contributed by atoms with Crippen molar-refractivity contribution in [3.63, 3.8) is 0 Å². The number of Topliss-reactive ketones (excluding diaryl/α,β-unsaturated/α-hetero) is 1. The van der Waals surface area contributed by atoms with Crippen LogP contribution in [0.5, 0.6) is 17.2 Å². The molecule has 0 spiro atoms. The Morgan fingerprint density at radius 2 is 1.82 bits per heavy atom. The fourth-order valence-electron chi connectivity index (χ4n) is 1.45. The van der Waals surface area contributed by atoms with Crippen LogP contribution in [-0.4, -0.2) is 33.7 Å². The average molecular weight is 304 g/mol. The molecule has 0 saturated heterocycles. The van der Waals surface area contributed by atoms with E-state index in [2.05, 4.69) is 15.9 Å². The maximum absolute atomic E-state index is 11.7. The lowest BCUT2D eigenvalue weighted by molar-refractivity contribution is 0.0998. The Labute approximate surface area is 108 Å². The van der Waals surface area contributed by atoms with Gasteiger partial charge in [0.25, 0.3) is 0 Å². The Bertz CT molecular complexity index is 434. The molecule has 0 aromatic heterocycles. The van der Waals surface area contributed by atoms with Gasteiger partial charge in [-0.3, -0.25) is 4.79 Å². The zero-order valence-corrected chi connectivity index (χ0v) is 11.5. The molecule has 0 aliphatic rings. The number of carbonyl (C=O) groups is 1. The second kappa shape index (κ2) is 5.88. The highest BCUT2D eigenvalue weighted by atomic mass is 79.9. The van der Waals surface area contributed by atoms with Gasteiger partial charge < -0.3 is 19.9 Å². The minimum absolute atomic E-state index is 0.0989. The number of ketones is 1. The lowest BCUT2D eigenvalue weighted by Gasteiger charge is -2.15. The van der Waals surface area contributed by atoms with Crippen molar-refractivity contribution in [2.45, 2.75) is 0 Å². The molecular formula is C11H14BrNO4. The topological polar surface area (TPSA) is 70.8 Å². The smallest absolute Gasteiger partial charge is 0.180 e. The number of hydrogen-bond acceptors (Lipinski definition) is 5. The number of nitrogens with two attached hydrogens (primary N) is 1. The molecule has 0 bridgehead atoms. The first-order valence-electron chi connectivity index (χ1n) is 4.82. The second-order valence-corrected chi connectivity index (χ2v) is 3.93. The second-order valence-electron chi connectivity index (χ2n) is 3.13. The van der Waals surface area contributed by atoms with Crippen molar-refractivity contribution < 1.29 is 19.0 Å². The van der Waals surface area contributed by atoms with Gasteiger partial charge in [0.1, 0.15) is 10.2 Å². The van der Waals surface area contributed by atoms with Crippen molar-refractivity contribution in [2.24, 2.45) is 5.73 Å². The molecule has 1 rings (SSSR count). The van der Waals surface area contributed by atoms with Gasteiger partial charge in [-0.15, -0.1) is 0 Å². The summed E-state index contributed by atoms with van der Waals surface area (Å²) < 4.78 is 16.0. The van der Waals surface area contributed by atoms with Gasteiger partial charge in [0.05, 0.1) is 33.4 Å². The highest BCUT2D eigenvalue weighted by Gasteiger charge is 2.21. The maximum atomic E-state index is 11.7. The van der Waals surface area contributed by atoms with E-state index in [1.165, 1.54) is 21.3 Å². The van der Waals surface area contributed by atoms with Crippen molar-refractivity contribution in [1.82, 2.24) is 0 Å². The maximum Gasteiger partial charge on any atom is 0.180 e. The van der Waals surface area contributed by atoms with Crippen LogP contribution in [0.3, 0.4) is 0 Å². The van der Waals surface area contributed by atoms with Gasteiger partial charge in [-0.1, -0.05) is 0 Å². The standard InChI is InChI=1S/C11H14BrNO4/c1-15-8-4-6(7(14)5-13)10(16-2)9(12)11(8)17-3/h4H,5,13H2,1-3H3. The fourth-order valence-corrected chi connectivity index (χ4v) is 2.18. The summed E-state index contributed by atoms with van der Waals surface area (Å²) in [5.74, 6) is 1.07. The summed E-state index contributed by atoms with van der Waals surface area (Å²) in [4.78, 5) is 11.7. The number of hydrogen-bond donors (Lipinski definition) is 1. The van der Waals surface area contributed by atoms with E-state index in [9.17, 15) is 4.79 Å². The first kappa shape index (κ1) is 13.8. The minimum atomic E-state index is -0.233. The highest BCUT2D eigenvalue weighted by molar-refractivity contribution is 9.10. The van der Waals surface area contributed by atoms with Crippen molar-refractivity contribution in [1.29, 1.82) is 0 Å². The largest absolute Gasteiger partial charge is 0.495 e. The van der Waals surface area contributed by atoms with E-state index in [1.807, 2.05) is 0 Å². The van der Waals surface area contributed by atoms with E-state index in [0.717, 1.165) is 0 Å². The monoisotopic (exact) mass is 303 g/mol. The molecule has 0 aliphatic carbocycles. The van der Waals surface area contributed by atoms with Gasteiger partial charge in [-0.2, -0.15) is 0 Å². The third kappa shape index (κ3) is 2.53. The van der Waals surface area contributed by atoms with Crippen LogP contribution >= 0.6 is 15.9 Å². The van der Waals surface area contributed by atoms with Gasteiger partial charge in [0.2, 0.25) is 0 Å². The molecule has 17 heavy (non-hydrogen) atoms. The molecule has 0 radical (unpaired) electrons.